The van der Waals surface area contributed by atoms with Crippen LogP contribution in [0.1, 0.15) is 15.9 Å². The zero-order valence-electron chi connectivity index (χ0n) is 13.1. The summed E-state index contributed by atoms with van der Waals surface area (Å²) in [6.45, 7) is 0. The molecule has 0 radical (unpaired) electrons. The molecule has 25 heavy (non-hydrogen) atoms. The standard InChI is InChI=1S/C19H14FN3O2/c20-14-3-1-2-13(10-14)18(24)22-15-4-5-17-16(11-15)23-19(25-17)12-6-8-21-9-7-12/h1-11,16-17H,(H,22,24). The molecule has 2 heterocycles. The number of carbonyl (C=O) groups excluding carboxylic acids is 1. The molecule has 0 bridgehead atoms. The summed E-state index contributed by atoms with van der Waals surface area (Å²) in [6, 6.07) is 9.01. The Bertz CT molecular complexity index is 906. The molecule has 2 aromatic rings. The number of hydrogen-bond donors (Lipinski definition) is 1. The number of hydrogen-bond acceptors (Lipinski definition) is 4. The van der Waals surface area contributed by atoms with Crippen LogP contribution in [0.3, 0.4) is 0 Å². The van der Waals surface area contributed by atoms with Crippen LogP contribution in [0.5, 0.6) is 0 Å². The Labute approximate surface area is 143 Å². The van der Waals surface area contributed by atoms with Crippen molar-refractivity contribution >= 4 is 11.8 Å². The van der Waals surface area contributed by atoms with E-state index in [1.54, 1.807) is 24.5 Å². The van der Waals surface area contributed by atoms with Crippen LogP contribution >= 0.6 is 0 Å². The van der Waals surface area contributed by atoms with E-state index in [9.17, 15) is 9.18 Å². The number of benzene rings is 1. The Kier molecular flexibility index (Phi) is 3.85. The molecule has 6 heteroatoms. The number of carbonyl (C=O) groups is 1. The molecule has 1 N–H and O–H groups in total. The van der Waals surface area contributed by atoms with Gasteiger partial charge in [-0.05, 0) is 48.6 Å². The Balaban J connectivity index is 1.51. The smallest absolute Gasteiger partial charge is 0.255 e. The van der Waals surface area contributed by atoms with Gasteiger partial charge in [-0.1, -0.05) is 6.07 Å². The summed E-state index contributed by atoms with van der Waals surface area (Å²) in [5.74, 6) is -0.265. The second-order valence-electron chi connectivity index (χ2n) is 5.69. The number of fused-ring (bicyclic) bond motifs is 1. The quantitative estimate of drug-likeness (QED) is 0.938. The highest BCUT2D eigenvalue weighted by atomic mass is 19.1. The number of rotatable bonds is 3. The first kappa shape index (κ1) is 15.3. The highest BCUT2D eigenvalue weighted by molar-refractivity contribution is 5.96. The van der Waals surface area contributed by atoms with Gasteiger partial charge in [-0.15, -0.1) is 0 Å². The first-order valence-corrected chi connectivity index (χ1v) is 7.81. The molecule has 0 saturated heterocycles. The average molecular weight is 335 g/mol. The number of nitrogens with zero attached hydrogens (tertiary/aromatic N) is 2. The van der Waals surface area contributed by atoms with Gasteiger partial charge in [0.15, 0.2) is 0 Å². The van der Waals surface area contributed by atoms with E-state index in [1.807, 2.05) is 24.3 Å². The summed E-state index contributed by atoms with van der Waals surface area (Å²) in [7, 11) is 0. The SMILES string of the molecule is O=C(NC1=CC2N=C(c3ccncc3)OC2C=C1)c1cccc(F)c1. The van der Waals surface area contributed by atoms with Gasteiger partial charge in [0.25, 0.3) is 5.91 Å². The van der Waals surface area contributed by atoms with E-state index in [2.05, 4.69) is 15.3 Å². The summed E-state index contributed by atoms with van der Waals surface area (Å²) in [5, 5.41) is 2.76. The number of pyridine rings is 1. The Hall–Kier alpha value is -3.28. The highest BCUT2D eigenvalue weighted by Gasteiger charge is 2.30. The van der Waals surface area contributed by atoms with Gasteiger partial charge < -0.3 is 10.1 Å². The lowest BCUT2D eigenvalue weighted by Crippen LogP contribution is -2.28. The predicted octanol–water partition coefficient (Wildman–Crippen LogP) is 2.62. The second-order valence-corrected chi connectivity index (χ2v) is 5.69. The molecule has 1 aliphatic carbocycles. The Morgan fingerprint density at radius 3 is 2.84 bits per heavy atom. The summed E-state index contributed by atoms with van der Waals surface area (Å²) in [4.78, 5) is 20.7. The maximum Gasteiger partial charge on any atom is 0.255 e. The molecule has 1 aromatic heterocycles. The van der Waals surface area contributed by atoms with Crippen molar-refractivity contribution in [2.24, 2.45) is 4.99 Å². The van der Waals surface area contributed by atoms with Crippen molar-refractivity contribution in [2.45, 2.75) is 12.1 Å². The number of allylic oxidation sites excluding steroid dienone is 1. The molecule has 4 rings (SSSR count). The zero-order chi connectivity index (χ0) is 17.2. The van der Waals surface area contributed by atoms with Crippen molar-refractivity contribution in [3.05, 3.63) is 89.7 Å². The minimum atomic E-state index is -0.448. The monoisotopic (exact) mass is 335 g/mol. The largest absolute Gasteiger partial charge is 0.467 e. The number of aliphatic imine (C=N–C) groups is 1. The molecule has 2 atom stereocenters. The van der Waals surface area contributed by atoms with E-state index < -0.39 is 5.82 Å². The van der Waals surface area contributed by atoms with Crippen LogP contribution in [0.15, 0.2) is 77.7 Å². The lowest BCUT2D eigenvalue weighted by atomic mass is 10.0. The molecular weight excluding hydrogens is 321 g/mol. The summed E-state index contributed by atoms with van der Waals surface area (Å²) >= 11 is 0. The fourth-order valence-electron chi connectivity index (χ4n) is 2.71. The van der Waals surface area contributed by atoms with E-state index in [1.165, 1.54) is 18.2 Å². The Morgan fingerprint density at radius 1 is 1.20 bits per heavy atom. The first-order valence-electron chi connectivity index (χ1n) is 7.81. The van der Waals surface area contributed by atoms with Crippen molar-refractivity contribution in [3.63, 3.8) is 0 Å². The van der Waals surface area contributed by atoms with E-state index in [0.717, 1.165) is 5.56 Å². The van der Waals surface area contributed by atoms with Gasteiger partial charge in [-0.2, -0.15) is 0 Å². The first-order chi connectivity index (χ1) is 12.2. The van der Waals surface area contributed by atoms with Crippen LogP contribution in [0.2, 0.25) is 0 Å². The Morgan fingerprint density at radius 2 is 2.04 bits per heavy atom. The normalized spacial score (nSPS) is 21.0. The molecule has 5 nitrogen and oxygen atoms in total. The lowest BCUT2D eigenvalue weighted by molar-refractivity contribution is 0.0966. The lowest BCUT2D eigenvalue weighted by Gasteiger charge is -2.17. The summed E-state index contributed by atoms with van der Waals surface area (Å²) < 4.78 is 19.1. The minimum absolute atomic E-state index is 0.196. The van der Waals surface area contributed by atoms with Gasteiger partial charge in [0.05, 0.1) is 0 Å². The van der Waals surface area contributed by atoms with Gasteiger partial charge in [-0.25, -0.2) is 9.38 Å². The van der Waals surface area contributed by atoms with Crippen molar-refractivity contribution in [2.75, 3.05) is 0 Å². The number of aromatic nitrogens is 1. The number of ether oxygens (including phenoxy) is 1. The molecule has 124 valence electrons. The van der Waals surface area contributed by atoms with Crippen LogP contribution in [0.25, 0.3) is 0 Å². The molecule has 0 spiro atoms. The van der Waals surface area contributed by atoms with Crippen LogP contribution in [0, 0.1) is 5.82 Å². The second kappa shape index (κ2) is 6.32. The molecule has 1 aliphatic heterocycles. The van der Waals surface area contributed by atoms with E-state index in [-0.39, 0.29) is 23.6 Å². The third-order valence-corrected chi connectivity index (χ3v) is 3.94. The van der Waals surface area contributed by atoms with E-state index >= 15 is 0 Å². The van der Waals surface area contributed by atoms with Crippen LogP contribution in [-0.4, -0.2) is 28.9 Å². The van der Waals surface area contributed by atoms with Crippen molar-refractivity contribution in [3.8, 4) is 0 Å². The van der Waals surface area contributed by atoms with E-state index in [0.29, 0.717) is 11.6 Å². The van der Waals surface area contributed by atoms with Crippen molar-refractivity contribution < 1.29 is 13.9 Å². The van der Waals surface area contributed by atoms with Gasteiger partial charge in [0, 0.05) is 29.2 Å². The zero-order valence-corrected chi connectivity index (χ0v) is 13.1. The molecular formula is C19H14FN3O2. The van der Waals surface area contributed by atoms with Crippen molar-refractivity contribution in [1.29, 1.82) is 0 Å². The molecule has 0 saturated carbocycles. The maximum atomic E-state index is 13.2. The molecule has 2 unspecified atom stereocenters. The van der Waals surface area contributed by atoms with Crippen LogP contribution in [0.4, 0.5) is 4.39 Å². The minimum Gasteiger partial charge on any atom is -0.467 e. The predicted molar refractivity (Wildman–Crippen MR) is 90.5 cm³/mol. The number of halogens is 1. The molecule has 2 aliphatic rings. The topological polar surface area (TPSA) is 63.6 Å². The van der Waals surface area contributed by atoms with Crippen molar-refractivity contribution in [1.82, 2.24) is 10.3 Å². The number of nitrogens with one attached hydrogen (secondary N) is 1. The number of amides is 1. The van der Waals surface area contributed by atoms with Gasteiger partial charge >= 0.3 is 0 Å². The van der Waals surface area contributed by atoms with Gasteiger partial charge in [0.2, 0.25) is 5.90 Å². The van der Waals surface area contributed by atoms with E-state index in [4.69, 9.17) is 4.74 Å². The third-order valence-electron chi connectivity index (χ3n) is 3.94. The van der Waals surface area contributed by atoms with Gasteiger partial charge in [0.1, 0.15) is 18.0 Å². The summed E-state index contributed by atoms with van der Waals surface area (Å²) in [6.07, 6.45) is 8.61. The summed E-state index contributed by atoms with van der Waals surface area (Å²) in [5.41, 5.74) is 1.73. The fraction of sp³-hybridized carbons (Fsp3) is 0.105. The highest BCUT2D eigenvalue weighted by Crippen LogP contribution is 2.24. The van der Waals surface area contributed by atoms with Crippen LogP contribution in [-0.2, 0) is 4.74 Å². The molecule has 0 fully saturated rings. The molecule has 1 amide bonds. The maximum absolute atomic E-state index is 13.2. The molecule has 1 aromatic carbocycles. The van der Waals surface area contributed by atoms with Crippen LogP contribution < -0.4 is 5.32 Å². The third kappa shape index (κ3) is 3.19. The van der Waals surface area contributed by atoms with Gasteiger partial charge in [-0.3, -0.25) is 9.78 Å². The fourth-order valence-corrected chi connectivity index (χ4v) is 2.71. The average Bonchev–Trinajstić information content (AvgIpc) is 3.06.